The van der Waals surface area contributed by atoms with Crippen molar-refractivity contribution in [2.45, 2.75) is 57.0 Å². The Kier molecular flexibility index (Phi) is 5.49. The van der Waals surface area contributed by atoms with Crippen LogP contribution in [0, 0.1) is 6.92 Å². The van der Waals surface area contributed by atoms with Crippen LogP contribution in [0.25, 0.3) is 0 Å². The monoisotopic (exact) mass is 412 g/mol. The van der Waals surface area contributed by atoms with Gasteiger partial charge in [-0.25, -0.2) is 4.79 Å². The topological polar surface area (TPSA) is 54.1 Å². The number of anilines is 1. The highest BCUT2D eigenvalue weighted by Crippen LogP contribution is 2.46. The SMILES string of the molecule is Cc1ccc(NC2OC2C2CSC(c3ccccc3)N2C(=O)OC(C)(C)C)cc1. The van der Waals surface area contributed by atoms with Crippen molar-refractivity contribution in [3.8, 4) is 0 Å². The number of carbonyl (C=O) groups excluding carboxylic acids is 1. The van der Waals surface area contributed by atoms with Crippen LogP contribution in [0.15, 0.2) is 54.6 Å². The second-order valence-corrected chi connectivity index (χ2v) is 9.70. The van der Waals surface area contributed by atoms with E-state index in [-0.39, 0.29) is 29.8 Å². The third-order valence-corrected chi connectivity index (χ3v) is 6.34. The number of nitrogens with one attached hydrogen (secondary N) is 1. The standard InChI is InChI=1S/C23H28N2O3S/c1-15-10-12-17(13-11-15)24-20-19(27-20)18-14-29-21(16-8-6-5-7-9-16)25(18)22(26)28-23(2,3)4/h5-13,18-21,24H,14H2,1-4H3. The molecule has 6 heteroatoms. The maximum absolute atomic E-state index is 13.1. The van der Waals surface area contributed by atoms with E-state index in [0.717, 1.165) is 17.0 Å². The van der Waals surface area contributed by atoms with Crippen molar-refractivity contribution in [1.82, 2.24) is 4.90 Å². The van der Waals surface area contributed by atoms with E-state index in [1.54, 1.807) is 11.8 Å². The summed E-state index contributed by atoms with van der Waals surface area (Å²) < 4.78 is 11.7. The Balaban J connectivity index is 1.51. The van der Waals surface area contributed by atoms with Crippen LogP contribution in [0.5, 0.6) is 0 Å². The number of carbonyl (C=O) groups is 1. The van der Waals surface area contributed by atoms with Crippen molar-refractivity contribution in [2.24, 2.45) is 0 Å². The molecule has 0 bridgehead atoms. The molecule has 2 aromatic carbocycles. The number of aryl methyl sites for hydroxylation is 1. The molecule has 4 atom stereocenters. The van der Waals surface area contributed by atoms with Crippen LogP contribution in [0.4, 0.5) is 10.5 Å². The highest BCUT2D eigenvalue weighted by molar-refractivity contribution is 7.99. The number of benzene rings is 2. The first kappa shape index (κ1) is 20.1. The zero-order chi connectivity index (χ0) is 20.6. The zero-order valence-corrected chi connectivity index (χ0v) is 18.1. The van der Waals surface area contributed by atoms with E-state index < -0.39 is 5.60 Å². The Labute approximate surface area is 176 Å². The summed E-state index contributed by atoms with van der Waals surface area (Å²) in [6, 6.07) is 18.3. The second kappa shape index (κ2) is 7.92. The molecule has 1 amide bonds. The summed E-state index contributed by atoms with van der Waals surface area (Å²) in [6.07, 6.45) is -0.432. The molecule has 2 aliphatic rings. The van der Waals surface area contributed by atoms with Gasteiger partial charge in [0.1, 0.15) is 17.1 Å². The molecule has 5 nitrogen and oxygen atoms in total. The predicted octanol–water partition coefficient (Wildman–Crippen LogP) is 5.18. The predicted molar refractivity (Wildman–Crippen MR) is 117 cm³/mol. The van der Waals surface area contributed by atoms with Crippen LogP contribution in [0.1, 0.15) is 37.3 Å². The summed E-state index contributed by atoms with van der Waals surface area (Å²) in [4.78, 5) is 15.0. The van der Waals surface area contributed by atoms with E-state index in [2.05, 4.69) is 48.6 Å². The maximum Gasteiger partial charge on any atom is 0.411 e. The van der Waals surface area contributed by atoms with Gasteiger partial charge in [-0.1, -0.05) is 48.0 Å². The Bertz CT molecular complexity index is 851. The molecule has 1 N–H and O–H groups in total. The molecule has 0 spiro atoms. The minimum atomic E-state index is -0.542. The van der Waals surface area contributed by atoms with E-state index in [0.29, 0.717) is 0 Å². The van der Waals surface area contributed by atoms with Gasteiger partial charge in [0.15, 0.2) is 6.23 Å². The van der Waals surface area contributed by atoms with Crippen LogP contribution < -0.4 is 5.32 Å². The average molecular weight is 413 g/mol. The molecule has 0 radical (unpaired) electrons. The maximum atomic E-state index is 13.1. The van der Waals surface area contributed by atoms with Gasteiger partial charge < -0.3 is 14.8 Å². The van der Waals surface area contributed by atoms with E-state index >= 15 is 0 Å². The molecule has 0 aromatic heterocycles. The quantitative estimate of drug-likeness (QED) is 0.701. The molecule has 4 unspecified atom stereocenters. The summed E-state index contributed by atoms with van der Waals surface area (Å²) in [5.74, 6) is 0.815. The molecule has 154 valence electrons. The molecule has 0 saturated carbocycles. The summed E-state index contributed by atoms with van der Waals surface area (Å²) in [7, 11) is 0. The van der Waals surface area contributed by atoms with Gasteiger partial charge in [0.2, 0.25) is 0 Å². The van der Waals surface area contributed by atoms with E-state index in [1.807, 2.05) is 43.9 Å². The number of hydrogen-bond donors (Lipinski definition) is 1. The molecule has 4 rings (SSSR count). The molecule has 2 fully saturated rings. The smallest absolute Gasteiger partial charge is 0.411 e. The summed E-state index contributed by atoms with van der Waals surface area (Å²) in [5, 5.41) is 3.35. The Morgan fingerprint density at radius 1 is 1.14 bits per heavy atom. The third kappa shape index (κ3) is 4.70. The minimum Gasteiger partial charge on any atom is -0.444 e. The first-order chi connectivity index (χ1) is 13.8. The minimum absolute atomic E-state index is 0.0389. The molecular weight excluding hydrogens is 384 g/mol. The summed E-state index contributed by atoms with van der Waals surface area (Å²) in [6.45, 7) is 7.76. The first-order valence-corrected chi connectivity index (χ1v) is 11.0. The number of amides is 1. The average Bonchev–Trinajstić information content (AvgIpc) is 3.28. The van der Waals surface area contributed by atoms with Crippen molar-refractivity contribution < 1.29 is 14.3 Å². The fourth-order valence-electron chi connectivity index (χ4n) is 3.54. The lowest BCUT2D eigenvalue weighted by Crippen LogP contribution is -2.45. The van der Waals surface area contributed by atoms with Gasteiger partial charge in [-0.2, -0.15) is 0 Å². The van der Waals surface area contributed by atoms with Gasteiger partial charge in [0, 0.05) is 11.4 Å². The Morgan fingerprint density at radius 3 is 2.48 bits per heavy atom. The number of thioether (sulfide) groups is 1. The number of ether oxygens (including phenoxy) is 2. The molecular formula is C23H28N2O3S. The first-order valence-electron chi connectivity index (χ1n) is 9.98. The molecule has 2 aromatic rings. The van der Waals surface area contributed by atoms with Gasteiger partial charge in [0.25, 0.3) is 0 Å². The van der Waals surface area contributed by atoms with Crippen LogP contribution in [0.3, 0.4) is 0 Å². The Morgan fingerprint density at radius 2 is 1.83 bits per heavy atom. The van der Waals surface area contributed by atoms with Gasteiger partial charge >= 0.3 is 6.09 Å². The van der Waals surface area contributed by atoms with Gasteiger partial charge in [-0.3, -0.25) is 4.90 Å². The van der Waals surface area contributed by atoms with Crippen LogP contribution >= 0.6 is 11.8 Å². The van der Waals surface area contributed by atoms with Crippen molar-refractivity contribution >= 4 is 23.5 Å². The third-order valence-electron chi connectivity index (χ3n) is 4.99. The molecule has 0 aliphatic carbocycles. The Hall–Kier alpha value is -2.18. The number of epoxide rings is 1. The molecule has 2 aliphatic heterocycles. The van der Waals surface area contributed by atoms with Gasteiger partial charge in [-0.05, 0) is 45.4 Å². The fraction of sp³-hybridized carbons (Fsp3) is 0.435. The van der Waals surface area contributed by atoms with Crippen molar-refractivity contribution in [2.75, 3.05) is 11.1 Å². The molecule has 29 heavy (non-hydrogen) atoms. The van der Waals surface area contributed by atoms with Gasteiger partial charge in [-0.15, -0.1) is 11.8 Å². The molecule has 2 saturated heterocycles. The van der Waals surface area contributed by atoms with Crippen LogP contribution in [0.2, 0.25) is 0 Å². The van der Waals surface area contributed by atoms with Gasteiger partial charge in [0.05, 0.1) is 6.04 Å². The van der Waals surface area contributed by atoms with Crippen molar-refractivity contribution in [3.05, 3.63) is 65.7 Å². The number of nitrogens with zero attached hydrogens (tertiary/aromatic N) is 1. The lowest BCUT2D eigenvalue weighted by molar-refractivity contribution is 0.0148. The van der Waals surface area contributed by atoms with Crippen molar-refractivity contribution in [3.63, 3.8) is 0 Å². The second-order valence-electron chi connectivity index (χ2n) is 8.58. The number of hydrogen-bond acceptors (Lipinski definition) is 5. The van der Waals surface area contributed by atoms with E-state index in [4.69, 9.17) is 9.47 Å². The van der Waals surface area contributed by atoms with Crippen molar-refractivity contribution in [1.29, 1.82) is 0 Å². The lowest BCUT2D eigenvalue weighted by atomic mass is 10.1. The summed E-state index contributed by atoms with van der Waals surface area (Å²) >= 11 is 1.76. The van der Waals surface area contributed by atoms with Crippen LogP contribution in [-0.2, 0) is 9.47 Å². The van der Waals surface area contributed by atoms with Crippen LogP contribution in [-0.4, -0.2) is 40.7 Å². The lowest BCUT2D eigenvalue weighted by Gasteiger charge is -2.31. The fourth-order valence-corrected chi connectivity index (χ4v) is 5.03. The zero-order valence-electron chi connectivity index (χ0n) is 17.3. The highest BCUT2D eigenvalue weighted by atomic mass is 32.2. The van der Waals surface area contributed by atoms with E-state index in [1.165, 1.54) is 5.56 Å². The molecule has 2 heterocycles. The highest BCUT2D eigenvalue weighted by Gasteiger charge is 2.54. The number of rotatable bonds is 4. The van der Waals surface area contributed by atoms with E-state index in [9.17, 15) is 4.79 Å². The normalized spacial score (nSPS) is 26.3. The largest absolute Gasteiger partial charge is 0.444 e. The summed E-state index contributed by atoms with van der Waals surface area (Å²) in [5.41, 5.74) is 2.81.